The van der Waals surface area contributed by atoms with Crippen LogP contribution < -0.4 is 0 Å². The minimum atomic E-state index is -0.262. The average molecular weight is 258 g/mol. The summed E-state index contributed by atoms with van der Waals surface area (Å²) in [6, 6.07) is 6.15. The van der Waals surface area contributed by atoms with E-state index in [1.54, 1.807) is 12.1 Å². The van der Waals surface area contributed by atoms with Crippen molar-refractivity contribution in [2.24, 2.45) is 23.2 Å². The van der Waals surface area contributed by atoms with E-state index < -0.39 is 0 Å². The van der Waals surface area contributed by atoms with Crippen molar-refractivity contribution in [3.8, 4) is 0 Å². The van der Waals surface area contributed by atoms with Crippen LogP contribution in [0.1, 0.15) is 48.9 Å². The molecule has 1 nitrogen and oxygen atoms in total. The second-order valence-electron chi connectivity index (χ2n) is 7.03. The van der Waals surface area contributed by atoms with Gasteiger partial charge in [-0.25, -0.2) is 4.39 Å². The fourth-order valence-corrected chi connectivity index (χ4v) is 5.30. The van der Waals surface area contributed by atoms with Gasteiger partial charge >= 0.3 is 0 Å². The van der Waals surface area contributed by atoms with Gasteiger partial charge in [-0.2, -0.15) is 0 Å². The van der Waals surface area contributed by atoms with Crippen molar-refractivity contribution in [1.82, 2.24) is 0 Å². The molecule has 4 aliphatic carbocycles. The average Bonchev–Trinajstić information content (AvgIpc) is 2.37. The van der Waals surface area contributed by atoms with Crippen LogP contribution in [0.2, 0.25) is 0 Å². The quantitative estimate of drug-likeness (QED) is 0.726. The number of halogens is 1. The summed E-state index contributed by atoms with van der Waals surface area (Å²) in [5, 5.41) is 0. The fraction of sp³-hybridized carbons (Fsp3) is 0.588. The molecular weight excluding hydrogens is 239 g/mol. The van der Waals surface area contributed by atoms with Crippen LogP contribution >= 0.6 is 0 Å². The first-order valence-corrected chi connectivity index (χ1v) is 7.45. The van der Waals surface area contributed by atoms with Gasteiger partial charge in [0.1, 0.15) is 5.82 Å². The summed E-state index contributed by atoms with van der Waals surface area (Å²) in [6.45, 7) is 0. The Morgan fingerprint density at radius 3 is 1.89 bits per heavy atom. The molecule has 0 unspecified atom stereocenters. The molecule has 4 fully saturated rings. The molecule has 0 N–H and O–H groups in total. The van der Waals surface area contributed by atoms with Gasteiger partial charge in [-0.1, -0.05) is 0 Å². The van der Waals surface area contributed by atoms with E-state index in [1.165, 1.54) is 31.4 Å². The largest absolute Gasteiger partial charge is 0.294 e. The summed E-state index contributed by atoms with van der Waals surface area (Å²) in [7, 11) is 0. The van der Waals surface area contributed by atoms with Gasteiger partial charge in [0.05, 0.1) is 0 Å². The molecule has 4 saturated carbocycles. The first-order valence-electron chi connectivity index (χ1n) is 7.45. The number of ketones is 1. The van der Waals surface area contributed by atoms with Crippen LogP contribution in [0.15, 0.2) is 24.3 Å². The molecule has 1 aromatic rings. The number of benzene rings is 1. The highest BCUT2D eigenvalue weighted by molar-refractivity contribution is 6.00. The highest BCUT2D eigenvalue weighted by Gasteiger charge is 2.54. The zero-order valence-electron chi connectivity index (χ0n) is 11.1. The summed E-state index contributed by atoms with van der Waals surface area (Å²) < 4.78 is 13.0. The Balaban J connectivity index is 1.68. The summed E-state index contributed by atoms with van der Waals surface area (Å²) >= 11 is 0. The Bertz CT molecular complexity index is 481. The molecule has 100 valence electrons. The summed E-state index contributed by atoms with van der Waals surface area (Å²) in [4.78, 5) is 12.9. The first kappa shape index (κ1) is 11.6. The van der Waals surface area contributed by atoms with E-state index in [2.05, 4.69) is 0 Å². The second-order valence-corrected chi connectivity index (χ2v) is 7.03. The lowest BCUT2D eigenvalue weighted by Crippen LogP contribution is -2.50. The van der Waals surface area contributed by atoms with E-state index in [0.717, 1.165) is 37.0 Å². The number of carbonyl (C=O) groups excluding carboxylic acids is 1. The standard InChI is InChI=1S/C17H19FO/c18-15-3-1-14(2-4-15)16(19)17-8-11-5-12(9-17)7-13(6-11)10-17/h1-4,11-13H,5-10H2. The first-order chi connectivity index (χ1) is 9.14. The van der Waals surface area contributed by atoms with E-state index in [4.69, 9.17) is 0 Å². The van der Waals surface area contributed by atoms with Crippen LogP contribution in [0.3, 0.4) is 0 Å². The van der Waals surface area contributed by atoms with E-state index >= 15 is 0 Å². The summed E-state index contributed by atoms with van der Waals surface area (Å²) in [5.74, 6) is 2.34. The van der Waals surface area contributed by atoms with E-state index in [0.29, 0.717) is 5.56 Å². The van der Waals surface area contributed by atoms with Crippen molar-refractivity contribution in [2.45, 2.75) is 38.5 Å². The molecule has 0 saturated heterocycles. The van der Waals surface area contributed by atoms with Crippen LogP contribution in [0.5, 0.6) is 0 Å². The number of carbonyl (C=O) groups is 1. The normalized spacial score (nSPS) is 39.5. The topological polar surface area (TPSA) is 17.1 Å². The third kappa shape index (κ3) is 1.76. The molecule has 0 aromatic heterocycles. The Morgan fingerprint density at radius 2 is 1.42 bits per heavy atom. The van der Waals surface area contributed by atoms with E-state index in [9.17, 15) is 9.18 Å². The SMILES string of the molecule is O=C(c1ccc(F)cc1)C12CC3CC(CC(C3)C1)C2. The molecule has 0 radical (unpaired) electrons. The highest BCUT2D eigenvalue weighted by Crippen LogP contribution is 2.60. The van der Waals surface area contributed by atoms with Crippen molar-refractivity contribution in [1.29, 1.82) is 0 Å². The molecule has 0 amide bonds. The van der Waals surface area contributed by atoms with Gasteiger partial charge < -0.3 is 0 Å². The Labute approximate surface area is 113 Å². The molecule has 0 atom stereocenters. The third-order valence-corrected chi connectivity index (χ3v) is 5.63. The van der Waals surface area contributed by atoms with Gasteiger partial charge in [0.25, 0.3) is 0 Å². The molecule has 19 heavy (non-hydrogen) atoms. The van der Waals surface area contributed by atoms with Crippen molar-refractivity contribution in [3.63, 3.8) is 0 Å². The molecule has 4 bridgehead atoms. The molecule has 0 heterocycles. The molecule has 0 spiro atoms. The third-order valence-electron chi connectivity index (χ3n) is 5.63. The maximum Gasteiger partial charge on any atom is 0.169 e. The van der Waals surface area contributed by atoms with Gasteiger partial charge in [0.15, 0.2) is 5.78 Å². The minimum absolute atomic E-state index is 0.105. The smallest absolute Gasteiger partial charge is 0.169 e. The maximum absolute atomic E-state index is 13.0. The predicted molar refractivity (Wildman–Crippen MR) is 71.3 cm³/mol. The minimum Gasteiger partial charge on any atom is -0.294 e. The number of Topliss-reactive ketones (excluding diaryl/α,β-unsaturated/α-hetero) is 1. The monoisotopic (exact) mass is 258 g/mol. The second kappa shape index (κ2) is 3.91. The lowest BCUT2D eigenvalue weighted by Gasteiger charge is -2.56. The van der Waals surface area contributed by atoms with Crippen LogP contribution in [0, 0.1) is 29.0 Å². The maximum atomic E-state index is 13.0. The van der Waals surface area contributed by atoms with Crippen LogP contribution in [0.25, 0.3) is 0 Å². The van der Waals surface area contributed by atoms with Crippen LogP contribution in [0.4, 0.5) is 4.39 Å². The summed E-state index contributed by atoms with van der Waals surface area (Å²) in [5.41, 5.74) is 0.607. The Kier molecular flexibility index (Phi) is 2.39. The van der Waals surface area contributed by atoms with Crippen molar-refractivity contribution >= 4 is 5.78 Å². The number of hydrogen-bond donors (Lipinski definition) is 0. The van der Waals surface area contributed by atoms with Crippen LogP contribution in [-0.4, -0.2) is 5.78 Å². The number of rotatable bonds is 2. The van der Waals surface area contributed by atoms with Crippen molar-refractivity contribution < 1.29 is 9.18 Å². The Hall–Kier alpha value is -1.18. The molecule has 5 rings (SSSR count). The van der Waals surface area contributed by atoms with Gasteiger partial charge in [0, 0.05) is 11.0 Å². The highest BCUT2D eigenvalue weighted by atomic mass is 19.1. The van der Waals surface area contributed by atoms with Gasteiger partial charge in [0.2, 0.25) is 0 Å². The van der Waals surface area contributed by atoms with Crippen molar-refractivity contribution in [3.05, 3.63) is 35.6 Å². The predicted octanol–water partition coefficient (Wildman–Crippen LogP) is 4.22. The zero-order chi connectivity index (χ0) is 13.0. The van der Waals surface area contributed by atoms with Crippen LogP contribution in [-0.2, 0) is 0 Å². The zero-order valence-corrected chi connectivity index (χ0v) is 11.1. The number of hydrogen-bond acceptors (Lipinski definition) is 1. The van der Waals surface area contributed by atoms with E-state index in [1.807, 2.05) is 0 Å². The van der Waals surface area contributed by atoms with Crippen molar-refractivity contribution in [2.75, 3.05) is 0 Å². The molecule has 2 heteroatoms. The molecule has 4 aliphatic rings. The van der Waals surface area contributed by atoms with Gasteiger partial charge in [-0.05, 0) is 80.5 Å². The Morgan fingerprint density at radius 1 is 0.947 bits per heavy atom. The van der Waals surface area contributed by atoms with E-state index in [-0.39, 0.29) is 17.0 Å². The lowest BCUT2D eigenvalue weighted by molar-refractivity contribution is -0.0353. The molecule has 0 aliphatic heterocycles. The van der Waals surface area contributed by atoms with Gasteiger partial charge in [-0.15, -0.1) is 0 Å². The lowest BCUT2D eigenvalue weighted by atomic mass is 9.48. The summed E-state index contributed by atoms with van der Waals surface area (Å²) in [6.07, 6.45) is 7.27. The molecule has 1 aromatic carbocycles. The van der Waals surface area contributed by atoms with Gasteiger partial charge in [-0.3, -0.25) is 4.79 Å². The molecular formula is C17H19FO. The fourth-order valence-electron chi connectivity index (χ4n) is 5.30.